The zero-order valence-corrected chi connectivity index (χ0v) is 11.8. The lowest BCUT2D eigenvalue weighted by Gasteiger charge is -2.26. The van der Waals surface area contributed by atoms with Gasteiger partial charge >= 0.3 is 12.0 Å². The van der Waals surface area contributed by atoms with Crippen LogP contribution in [0.2, 0.25) is 0 Å². The first-order chi connectivity index (χ1) is 10.1. The molecule has 0 fully saturated rings. The van der Waals surface area contributed by atoms with Gasteiger partial charge in [0.05, 0.1) is 18.5 Å². The maximum Gasteiger partial charge on any atom is 0.325 e. The molecule has 0 saturated carbocycles. The van der Waals surface area contributed by atoms with E-state index in [9.17, 15) is 9.59 Å². The minimum atomic E-state index is -0.984. The number of aromatic nitrogens is 2. The number of ether oxygens (including phenoxy) is 1. The third-order valence-corrected chi connectivity index (χ3v) is 3.10. The van der Waals surface area contributed by atoms with Crippen molar-refractivity contribution in [2.45, 2.75) is 13.0 Å². The third-order valence-electron chi connectivity index (χ3n) is 3.10. The van der Waals surface area contributed by atoms with Crippen LogP contribution < -0.4 is 5.32 Å². The van der Waals surface area contributed by atoms with Crippen LogP contribution >= 0.6 is 0 Å². The molecule has 0 spiro atoms. The highest BCUT2D eigenvalue weighted by molar-refractivity contribution is 5.89. The lowest BCUT2D eigenvalue weighted by atomic mass is 10.1. The predicted octanol–water partition coefficient (Wildman–Crippen LogP) is 0.778. The van der Waals surface area contributed by atoms with Crippen molar-refractivity contribution in [3.63, 3.8) is 0 Å². The lowest BCUT2D eigenvalue weighted by molar-refractivity contribution is -0.137. The zero-order valence-electron chi connectivity index (χ0n) is 11.8. The van der Waals surface area contributed by atoms with Crippen molar-refractivity contribution in [3.8, 4) is 0 Å². The van der Waals surface area contributed by atoms with Gasteiger partial charge in [-0.25, -0.2) is 4.79 Å². The summed E-state index contributed by atoms with van der Waals surface area (Å²) < 4.78 is 6.32. The molecule has 2 amide bonds. The molecule has 0 radical (unpaired) electrons. The fourth-order valence-electron chi connectivity index (χ4n) is 2.07. The van der Waals surface area contributed by atoms with Crippen LogP contribution in [0.3, 0.4) is 0 Å². The second-order valence-electron chi connectivity index (χ2n) is 4.74. The summed E-state index contributed by atoms with van der Waals surface area (Å²) in [6.07, 6.45) is 5.69. The first-order valence-electron chi connectivity index (χ1n) is 6.55. The molecule has 1 aromatic heterocycles. The highest BCUT2D eigenvalue weighted by atomic mass is 16.5. The molecule has 1 aliphatic rings. The van der Waals surface area contributed by atoms with Crippen molar-refractivity contribution in [2.75, 3.05) is 32.1 Å². The van der Waals surface area contributed by atoms with Crippen LogP contribution in [0.1, 0.15) is 6.42 Å². The molecule has 21 heavy (non-hydrogen) atoms. The number of urea groups is 1. The van der Waals surface area contributed by atoms with Crippen molar-refractivity contribution >= 4 is 17.7 Å². The van der Waals surface area contributed by atoms with Gasteiger partial charge in [0.1, 0.15) is 6.54 Å². The average molecular weight is 294 g/mol. The van der Waals surface area contributed by atoms with E-state index in [0.717, 1.165) is 6.42 Å². The van der Waals surface area contributed by atoms with Gasteiger partial charge in [-0.05, 0) is 12.0 Å². The molecule has 2 heterocycles. The van der Waals surface area contributed by atoms with Gasteiger partial charge in [0.15, 0.2) is 0 Å². The van der Waals surface area contributed by atoms with Gasteiger partial charge in [0, 0.05) is 26.4 Å². The summed E-state index contributed by atoms with van der Waals surface area (Å²) in [6, 6.07) is -0.224. The predicted molar refractivity (Wildman–Crippen MR) is 75.0 cm³/mol. The minimum Gasteiger partial charge on any atom is -0.480 e. The van der Waals surface area contributed by atoms with E-state index >= 15 is 0 Å². The van der Waals surface area contributed by atoms with Crippen molar-refractivity contribution in [3.05, 3.63) is 24.0 Å². The van der Waals surface area contributed by atoms with Crippen LogP contribution in [0.25, 0.3) is 0 Å². The molecule has 0 aromatic carbocycles. The Bertz CT molecular complexity index is 552. The fourth-order valence-corrected chi connectivity index (χ4v) is 2.07. The van der Waals surface area contributed by atoms with E-state index in [4.69, 9.17) is 9.84 Å². The first kappa shape index (κ1) is 15.0. The molecule has 0 atom stereocenters. The number of methoxy groups -OCH3 is 1. The fraction of sp³-hybridized carbons (Fsp3) is 0.462. The highest BCUT2D eigenvalue weighted by Crippen LogP contribution is 2.13. The maximum atomic E-state index is 12.1. The number of nitrogens with one attached hydrogen (secondary N) is 1. The van der Waals surface area contributed by atoms with Crippen LogP contribution in [-0.2, 0) is 16.1 Å². The summed E-state index contributed by atoms with van der Waals surface area (Å²) >= 11 is 0. The summed E-state index contributed by atoms with van der Waals surface area (Å²) in [5.41, 5.74) is 1.67. The second-order valence-corrected chi connectivity index (χ2v) is 4.74. The summed E-state index contributed by atoms with van der Waals surface area (Å²) in [5, 5.41) is 15.2. The Morgan fingerprint density at radius 2 is 2.33 bits per heavy atom. The molecule has 2 rings (SSSR count). The van der Waals surface area contributed by atoms with Crippen molar-refractivity contribution in [1.82, 2.24) is 14.7 Å². The summed E-state index contributed by atoms with van der Waals surface area (Å²) in [6.45, 7) is 1.53. The molecule has 8 nitrogen and oxygen atoms in total. The normalized spacial score (nSPS) is 14.7. The van der Waals surface area contributed by atoms with Gasteiger partial charge in [-0.2, -0.15) is 5.10 Å². The number of rotatable bonds is 5. The topological polar surface area (TPSA) is 96.7 Å². The first-order valence-corrected chi connectivity index (χ1v) is 6.55. The monoisotopic (exact) mass is 294 g/mol. The molecule has 114 valence electrons. The highest BCUT2D eigenvalue weighted by Gasteiger charge is 2.17. The third kappa shape index (κ3) is 4.32. The van der Waals surface area contributed by atoms with Crippen LogP contribution in [0.4, 0.5) is 10.5 Å². The number of amides is 2. The minimum absolute atomic E-state index is 0.224. The number of nitrogens with zero attached hydrogens (tertiary/aromatic N) is 3. The molecular weight excluding hydrogens is 276 g/mol. The molecule has 2 N–H and O–H groups in total. The Hall–Kier alpha value is -2.35. The van der Waals surface area contributed by atoms with Crippen LogP contribution in [0, 0.1) is 0 Å². The standard InChI is InChI=1S/C13H18N4O4/c1-21-9-10-2-4-16(5-3-10)13(20)15-11-6-14-17(7-11)8-12(18)19/h2,6-7H,3-5,8-9H2,1H3,(H,15,20)(H,18,19). The molecule has 0 bridgehead atoms. The lowest BCUT2D eigenvalue weighted by Crippen LogP contribution is -2.38. The number of hydrogen-bond acceptors (Lipinski definition) is 4. The Balaban J connectivity index is 1.87. The smallest absolute Gasteiger partial charge is 0.325 e. The van der Waals surface area contributed by atoms with Crippen LogP contribution in [0.15, 0.2) is 24.0 Å². The van der Waals surface area contributed by atoms with E-state index in [1.807, 2.05) is 6.08 Å². The SMILES string of the molecule is COCC1=CCN(C(=O)Nc2cnn(CC(=O)O)c2)CC1. The second kappa shape index (κ2) is 6.89. The van der Waals surface area contributed by atoms with Gasteiger partial charge in [-0.1, -0.05) is 6.08 Å². The molecule has 1 aliphatic heterocycles. The van der Waals surface area contributed by atoms with Gasteiger partial charge in [-0.3, -0.25) is 9.48 Å². The maximum absolute atomic E-state index is 12.1. The molecule has 1 aromatic rings. The summed E-state index contributed by atoms with van der Waals surface area (Å²) in [7, 11) is 1.65. The number of carboxylic acid groups (broad SMARTS) is 1. The number of carbonyl (C=O) groups is 2. The van der Waals surface area contributed by atoms with E-state index in [2.05, 4.69) is 10.4 Å². The Morgan fingerprint density at radius 3 is 2.95 bits per heavy atom. The number of aliphatic carboxylic acids is 1. The molecule has 0 unspecified atom stereocenters. The number of anilines is 1. The van der Waals surface area contributed by atoms with Gasteiger partial charge in [0.25, 0.3) is 0 Å². The largest absolute Gasteiger partial charge is 0.480 e. The summed E-state index contributed by atoms with van der Waals surface area (Å²) in [4.78, 5) is 24.3. The number of carboxylic acids is 1. The van der Waals surface area contributed by atoms with Crippen LogP contribution in [0.5, 0.6) is 0 Å². The quantitative estimate of drug-likeness (QED) is 0.782. The van der Waals surface area contributed by atoms with Crippen molar-refractivity contribution < 1.29 is 19.4 Å². The summed E-state index contributed by atoms with van der Waals surface area (Å²) in [5.74, 6) is -0.984. The number of carbonyl (C=O) groups excluding carboxylic acids is 1. The molecule has 8 heteroatoms. The van der Waals surface area contributed by atoms with E-state index < -0.39 is 5.97 Å². The molecule has 0 aliphatic carbocycles. The molecular formula is C13H18N4O4. The average Bonchev–Trinajstić information content (AvgIpc) is 2.86. The van der Waals surface area contributed by atoms with Crippen LogP contribution in [-0.4, -0.2) is 58.6 Å². The van der Waals surface area contributed by atoms with E-state index in [1.54, 1.807) is 12.0 Å². The van der Waals surface area contributed by atoms with Gasteiger partial charge < -0.3 is 20.1 Å². The Labute approximate surface area is 122 Å². The van der Waals surface area contributed by atoms with E-state index in [0.29, 0.717) is 25.4 Å². The van der Waals surface area contributed by atoms with Gasteiger partial charge in [0.2, 0.25) is 0 Å². The van der Waals surface area contributed by atoms with Crippen molar-refractivity contribution in [2.24, 2.45) is 0 Å². The zero-order chi connectivity index (χ0) is 15.2. The van der Waals surface area contributed by atoms with Crippen molar-refractivity contribution in [1.29, 1.82) is 0 Å². The number of hydrogen-bond donors (Lipinski definition) is 2. The van der Waals surface area contributed by atoms with E-state index in [1.165, 1.54) is 22.6 Å². The Morgan fingerprint density at radius 1 is 1.52 bits per heavy atom. The molecule has 0 saturated heterocycles. The Kier molecular flexibility index (Phi) is 4.94. The van der Waals surface area contributed by atoms with Gasteiger partial charge in [-0.15, -0.1) is 0 Å². The van der Waals surface area contributed by atoms with E-state index in [-0.39, 0.29) is 12.6 Å².